The van der Waals surface area contributed by atoms with Crippen molar-refractivity contribution in [3.05, 3.63) is 11.9 Å². The van der Waals surface area contributed by atoms with Crippen molar-refractivity contribution in [3.8, 4) is 0 Å². The second kappa shape index (κ2) is 7.10. The van der Waals surface area contributed by atoms with Gasteiger partial charge in [-0.25, -0.2) is 9.97 Å². The molecule has 21 heavy (non-hydrogen) atoms. The van der Waals surface area contributed by atoms with Crippen LogP contribution in [0.2, 0.25) is 0 Å². The first kappa shape index (κ1) is 14.6. The van der Waals surface area contributed by atoms with Gasteiger partial charge in [0, 0.05) is 25.2 Å². The van der Waals surface area contributed by atoms with Crippen molar-refractivity contribution in [2.75, 3.05) is 23.3 Å². The minimum Gasteiger partial charge on any atom is -0.367 e. The molecule has 4 heteroatoms. The Balaban J connectivity index is 1.72. The lowest BCUT2D eigenvalue weighted by Crippen LogP contribution is -2.27. The molecule has 0 bridgehead atoms. The fraction of sp³-hybridized carbons (Fsp3) is 0.765. The standard InChI is InChI=1S/C17H28N4/c1-14-18-16(20-15-9-5-4-6-10-15)13-17(19-14)21-11-7-2-3-8-12-21/h13,15H,2-12H2,1H3,(H,18,19,20). The summed E-state index contributed by atoms with van der Waals surface area (Å²) in [5, 5.41) is 3.64. The highest BCUT2D eigenvalue weighted by atomic mass is 15.2. The highest BCUT2D eigenvalue weighted by Crippen LogP contribution is 2.24. The third-order valence-corrected chi connectivity index (χ3v) is 4.71. The number of nitrogens with one attached hydrogen (secondary N) is 1. The molecule has 1 aromatic rings. The molecule has 1 saturated carbocycles. The van der Waals surface area contributed by atoms with Gasteiger partial charge in [-0.1, -0.05) is 32.1 Å². The van der Waals surface area contributed by atoms with Crippen LogP contribution in [0.15, 0.2) is 6.07 Å². The topological polar surface area (TPSA) is 41.1 Å². The summed E-state index contributed by atoms with van der Waals surface area (Å²) in [6.45, 7) is 4.28. The van der Waals surface area contributed by atoms with Crippen molar-refractivity contribution in [2.45, 2.75) is 70.8 Å². The van der Waals surface area contributed by atoms with Crippen molar-refractivity contribution in [3.63, 3.8) is 0 Å². The normalized spacial score (nSPS) is 21.1. The van der Waals surface area contributed by atoms with E-state index in [4.69, 9.17) is 0 Å². The average molecular weight is 288 g/mol. The van der Waals surface area contributed by atoms with Gasteiger partial charge in [-0.2, -0.15) is 0 Å². The Labute approximate surface area is 128 Å². The highest BCUT2D eigenvalue weighted by Gasteiger charge is 2.16. The van der Waals surface area contributed by atoms with E-state index < -0.39 is 0 Å². The summed E-state index contributed by atoms with van der Waals surface area (Å²) in [5.74, 6) is 3.02. The lowest BCUT2D eigenvalue weighted by atomic mass is 9.95. The second-order valence-corrected chi connectivity index (χ2v) is 6.54. The summed E-state index contributed by atoms with van der Waals surface area (Å²) in [5.41, 5.74) is 0. The maximum absolute atomic E-state index is 4.67. The fourth-order valence-electron chi connectivity index (χ4n) is 3.54. The SMILES string of the molecule is Cc1nc(NC2CCCCC2)cc(N2CCCCCC2)n1. The van der Waals surface area contributed by atoms with E-state index in [1.807, 2.05) is 6.92 Å². The van der Waals surface area contributed by atoms with Crippen LogP contribution in [0.25, 0.3) is 0 Å². The fourth-order valence-corrected chi connectivity index (χ4v) is 3.54. The lowest BCUT2D eigenvalue weighted by Gasteiger charge is -2.25. The number of rotatable bonds is 3. The maximum atomic E-state index is 4.67. The quantitative estimate of drug-likeness (QED) is 0.915. The molecule has 1 aromatic heterocycles. The first-order valence-corrected chi connectivity index (χ1v) is 8.68. The van der Waals surface area contributed by atoms with Crippen LogP contribution in [0.3, 0.4) is 0 Å². The summed E-state index contributed by atoms with van der Waals surface area (Å²) in [6.07, 6.45) is 11.9. The molecule has 116 valence electrons. The minimum absolute atomic E-state index is 0.602. The molecule has 0 atom stereocenters. The molecule has 1 saturated heterocycles. The van der Waals surface area contributed by atoms with Gasteiger partial charge < -0.3 is 10.2 Å². The summed E-state index contributed by atoms with van der Waals surface area (Å²) in [7, 11) is 0. The minimum atomic E-state index is 0.602. The first-order valence-electron chi connectivity index (χ1n) is 8.68. The molecule has 1 N–H and O–H groups in total. The van der Waals surface area contributed by atoms with Gasteiger partial charge in [-0.05, 0) is 32.6 Å². The van der Waals surface area contributed by atoms with Gasteiger partial charge in [0.05, 0.1) is 0 Å². The van der Waals surface area contributed by atoms with Crippen molar-refractivity contribution in [1.29, 1.82) is 0 Å². The Hall–Kier alpha value is -1.32. The largest absolute Gasteiger partial charge is 0.367 e. The summed E-state index contributed by atoms with van der Waals surface area (Å²) in [4.78, 5) is 11.7. The Bertz CT molecular complexity index is 446. The Kier molecular flexibility index (Phi) is 4.94. The molecule has 0 unspecified atom stereocenters. The Morgan fingerprint density at radius 1 is 0.952 bits per heavy atom. The van der Waals surface area contributed by atoms with Crippen LogP contribution in [-0.2, 0) is 0 Å². The molecule has 1 aliphatic carbocycles. The van der Waals surface area contributed by atoms with Gasteiger partial charge in [-0.3, -0.25) is 0 Å². The zero-order valence-corrected chi connectivity index (χ0v) is 13.3. The smallest absolute Gasteiger partial charge is 0.134 e. The molecule has 2 heterocycles. The van der Waals surface area contributed by atoms with Gasteiger partial charge in [0.1, 0.15) is 17.5 Å². The van der Waals surface area contributed by atoms with E-state index in [2.05, 4.69) is 26.3 Å². The number of anilines is 2. The third kappa shape index (κ3) is 4.08. The number of aromatic nitrogens is 2. The molecule has 2 aliphatic rings. The molecule has 0 aromatic carbocycles. The van der Waals surface area contributed by atoms with Crippen LogP contribution < -0.4 is 10.2 Å². The zero-order valence-electron chi connectivity index (χ0n) is 13.3. The van der Waals surface area contributed by atoms with Crippen LogP contribution in [0.5, 0.6) is 0 Å². The lowest BCUT2D eigenvalue weighted by molar-refractivity contribution is 0.461. The van der Waals surface area contributed by atoms with Crippen LogP contribution in [0.4, 0.5) is 11.6 Å². The zero-order chi connectivity index (χ0) is 14.5. The van der Waals surface area contributed by atoms with E-state index in [9.17, 15) is 0 Å². The Morgan fingerprint density at radius 3 is 2.33 bits per heavy atom. The van der Waals surface area contributed by atoms with Gasteiger partial charge in [0.25, 0.3) is 0 Å². The van der Waals surface area contributed by atoms with E-state index in [1.54, 1.807) is 0 Å². The van der Waals surface area contributed by atoms with Gasteiger partial charge in [-0.15, -0.1) is 0 Å². The van der Waals surface area contributed by atoms with Gasteiger partial charge in [0.2, 0.25) is 0 Å². The number of hydrogen-bond acceptors (Lipinski definition) is 4. The highest BCUT2D eigenvalue weighted by molar-refractivity contribution is 5.50. The first-order chi connectivity index (χ1) is 10.3. The molecule has 0 spiro atoms. The van der Waals surface area contributed by atoms with E-state index >= 15 is 0 Å². The molecule has 1 aliphatic heterocycles. The predicted molar refractivity (Wildman–Crippen MR) is 87.9 cm³/mol. The predicted octanol–water partition coefficient (Wildman–Crippen LogP) is 3.91. The van der Waals surface area contributed by atoms with E-state index in [1.165, 1.54) is 57.8 Å². The molecule has 0 amide bonds. The molecular formula is C17H28N4. The molecule has 3 rings (SSSR count). The van der Waals surface area contributed by atoms with Crippen molar-refractivity contribution < 1.29 is 0 Å². The number of nitrogens with zero attached hydrogens (tertiary/aromatic N) is 3. The van der Waals surface area contributed by atoms with Gasteiger partial charge >= 0.3 is 0 Å². The average Bonchev–Trinajstić information content (AvgIpc) is 2.77. The van der Waals surface area contributed by atoms with Crippen molar-refractivity contribution >= 4 is 11.6 Å². The van der Waals surface area contributed by atoms with Gasteiger partial charge in [0.15, 0.2) is 0 Å². The van der Waals surface area contributed by atoms with Crippen LogP contribution in [-0.4, -0.2) is 29.1 Å². The van der Waals surface area contributed by atoms with Crippen LogP contribution in [0, 0.1) is 6.92 Å². The van der Waals surface area contributed by atoms with Crippen LogP contribution in [0.1, 0.15) is 63.6 Å². The third-order valence-electron chi connectivity index (χ3n) is 4.71. The Morgan fingerprint density at radius 2 is 1.62 bits per heavy atom. The summed E-state index contributed by atoms with van der Waals surface area (Å²) in [6, 6.07) is 2.76. The van der Waals surface area contributed by atoms with Crippen molar-refractivity contribution in [2.24, 2.45) is 0 Å². The van der Waals surface area contributed by atoms with E-state index in [0.29, 0.717) is 6.04 Å². The number of hydrogen-bond donors (Lipinski definition) is 1. The maximum Gasteiger partial charge on any atom is 0.134 e. The molecule has 4 nitrogen and oxygen atoms in total. The van der Waals surface area contributed by atoms with E-state index in [-0.39, 0.29) is 0 Å². The number of aryl methyl sites for hydroxylation is 1. The van der Waals surface area contributed by atoms with E-state index in [0.717, 1.165) is 30.5 Å². The monoisotopic (exact) mass is 288 g/mol. The molecule has 2 fully saturated rings. The summed E-state index contributed by atoms with van der Waals surface area (Å²) >= 11 is 0. The van der Waals surface area contributed by atoms with Crippen LogP contribution >= 0.6 is 0 Å². The van der Waals surface area contributed by atoms with Crippen molar-refractivity contribution in [1.82, 2.24) is 9.97 Å². The summed E-state index contributed by atoms with van der Waals surface area (Å²) < 4.78 is 0. The molecular weight excluding hydrogens is 260 g/mol. The molecule has 0 radical (unpaired) electrons. The second-order valence-electron chi connectivity index (χ2n) is 6.54.